The van der Waals surface area contributed by atoms with Gasteiger partial charge < -0.3 is 20.7 Å². The molecule has 0 unspecified atom stereocenters. The number of benzene rings is 1. The fraction of sp³-hybridized carbons (Fsp3) is 0.571. The highest BCUT2D eigenvalue weighted by molar-refractivity contribution is 6.33. The van der Waals surface area contributed by atoms with E-state index in [4.69, 9.17) is 12.6 Å². The number of carbonyl (C=O) groups excluding carboxylic acids is 3. The molecule has 7 nitrogen and oxygen atoms in total. The fourth-order valence-corrected chi connectivity index (χ4v) is 2.53. The van der Waals surface area contributed by atoms with Gasteiger partial charge in [0.1, 0.15) is 13.4 Å². The molecule has 0 saturated carbocycles. The predicted octanol–water partition coefficient (Wildman–Crippen LogP) is 2.04. The lowest BCUT2D eigenvalue weighted by atomic mass is 9.91. The molecule has 0 aliphatic rings. The van der Waals surface area contributed by atoms with Crippen LogP contribution in [0, 0.1) is 0 Å². The smallest absolute Gasteiger partial charge is 0.407 e. The number of hydrogen-bond donors (Lipinski definition) is 3. The van der Waals surface area contributed by atoms with Crippen LogP contribution in [-0.2, 0) is 4.74 Å². The molecule has 0 saturated heterocycles. The van der Waals surface area contributed by atoms with Crippen molar-refractivity contribution in [2.75, 3.05) is 19.6 Å². The Morgan fingerprint density at radius 2 is 1.41 bits per heavy atom. The Bertz CT molecular complexity index is 702. The van der Waals surface area contributed by atoms with Gasteiger partial charge in [-0.3, -0.25) is 9.59 Å². The topological polar surface area (TPSA) is 96.5 Å². The van der Waals surface area contributed by atoms with Gasteiger partial charge in [0.25, 0.3) is 11.8 Å². The summed E-state index contributed by atoms with van der Waals surface area (Å²) in [5.74, 6) is -0.630. The Labute approximate surface area is 174 Å². The third kappa shape index (κ3) is 10.6. The molecule has 2 radical (unpaired) electrons. The third-order valence-electron chi connectivity index (χ3n) is 3.87. The number of amides is 3. The van der Waals surface area contributed by atoms with E-state index in [1.165, 1.54) is 12.1 Å². The zero-order valence-corrected chi connectivity index (χ0v) is 17.9. The number of nitrogens with one attached hydrogen (secondary N) is 3. The average Bonchev–Trinajstić information content (AvgIpc) is 2.62. The summed E-state index contributed by atoms with van der Waals surface area (Å²) >= 11 is 0. The number of carbonyl (C=O) groups is 3. The van der Waals surface area contributed by atoms with Crippen LogP contribution >= 0.6 is 0 Å². The fourth-order valence-electron chi connectivity index (χ4n) is 2.53. The lowest BCUT2D eigenvalue weighted by Crippen LogP contribution is -2.38. The minimum absolute atomic E-state index is 0.214. The van der Waals surface area contributed by atoms with Crippen LogP contribution in [0.1, 0.15) is 74.1 Å². The number of alkyl carbamates (subject to hydrolysis) is 1. The van der Waals surface area contributed by atoms with Gasteiger partial charge >= 0.3 is 6.09 Å². The molecular formula is C21H32BN3O4. The lowest BCUT2D eigenvalue weighted by molar-refractivity contribution is 0.0526. The van der Waals surface area contributed by atoms with E-state index in [9.17, 15) is 14.4 Å². The van der Waals surface area contributed by atoms with Crippen LogP contribution in [0.3, 0.4) is 0 Å². The van der Waals surface area contributed by atoms with Crippen LogP contribution in [0.5, 0.6) is 0 Å². The third-order valence-corrected chi connectivity index (χ3v) is 3.87. The van der Waals surface area contributed by atoms with Crippen LogP contribution < -0.4 is 21.4 Å². The van der Waals surface area contributed by atoms with E-state index in [1.54, 1.807) is 26.8 Å². The first-order valence-corrected chi connectivity index (χ1v) is 10.1. The van der Waals surface area contributed by atoms with Crippen LogP contribution in [0.15, 0.2) is 18.2 Å². The van der Waals surface area contributed by atoms with Crippen LogP contribution in [0.25, 0.3) is 0 Å². The maximum absolute atomic E-state index is 12.3. The SMILES string of the molecule is [B]c1cc(C(=O)NCCCCCC)cc(C(=O)NCCNC(=O)OC(C)(C)C)c1. The molecule has 0 aromatic heterocycles. The number of rotatable bonds is 10. The summed E-state index contributed by atoms with van der Waals surface area (Å²) in [5.41, 5.74) is 0.388. The molecule has 0 bridgehead atoms. The van der Waals surface area contributed by atoms with E-state index < -0.39 is 11.7 Å². The summed E-state index contributed by atoms with van der Waals surface area (Å²) in [5, 5.41) is 8.09. The maximum atomic E-state index is 12.3. The normalized spacial score (nSPS) is 10.9. The summed E-state index contributed by atoms with van der Waals surface area (Å²) in [7, 11) is 5.85. The van der Waals surface area contributed by atoms with Crippen molar-refractivity contribution in [2.24, 2.45) is 0 Å². The highest BCUT2D eigenvalue weighted by atomic mass is 16.6. The standard InChI is InChI=1S/C21H32BN3O4/c1-5-6-7-8-9-23-18(26)15-12-16(14-17(22)13-15)19(27)24-10-11-25-20(28)29-21(2,3)4/h12-14H,5-11H2,1-4H3,(H,23,26)(H,24,27)(H,25,28). The first-order chi connectivity index (χ1) is 13.6. The van der Waals surface area contributed by atoms with E-state index >= 15 is 0 Å². The summed E-state index contributed by atoms with van der Waals surface area (Å²) in [6, 6.07) is 4.56. The Kier molecular flexibility index (Phi) is 10.3. The second-order valence-corrected chi connectivity index (χ2v) is 7.84. The van der Waals surface area contributed by atoms with E-state index in [0.29, 0.717) is 23.1 Å². The number of hydrogen-bond acceptors (Lipinski definition) is 4. The molecular weight excluding hydrogens is 369 g/mol. The van der Waals surface area contributed by atoms with E-state index in [-0.39, 0.29) is 24.9 Å². The Balaban J connectivity index is 2.51. The molecule has 0 aliphatic heterocycles. The summed E-state index contributed by atoms with van der Waals surface area (Å²) in [6.07, 6.45) is 3.71. The van der Waals surface area contributed by atoms with Gasteiger partial charge in [-0.05, 0) is 33.3 Å². The highest BCUT2D eigenvalue weighted by Crippen LogP contribution is 2.06. The molecule has 158 valence electrons. The predicted molar refractivity (Wildman–Crippen MR) is 115 cm³/mol. The van der Waals surface area contributed by atoms with E-state index in [1.807, 2.05) is 0 Å². The van der Waals surface area contributed by atoms with Crippen molar-refractivity contribution in [3.05, 3.63) is 29.3 Å². The van der Waals surface area contributed by atoms with Crippen LogP contribution in [0.4, 0.5) is 4.79 Å². The summed E-state index contributed by atoms with van der Waals surface area (Å²) in [6.45, 7) is 8.46. The molecule has 3 amide bonds. The molecule has 29 heavy (non-hydrogen) atoms. The summed E-state index contributed by atoms with van der Waals surface area (Å²) < 4.78 is 5.12. The van der Waals surface area contributed by atoms with E-state index in [2.05, 4.69) is 22.9 Å². The van der Waals surface area contributed by atoms with Crippen molar-refractivity contribution in [2.45, 2.75) is 59.0 Å². The maximum Gasteiger partial charge on any atom is 0.407 e. The Morgan fingerprint density at radius 1 is 0.862 bits per heavy atom. The molecule has 1 aromatic rings. The zero-order chi connectivity index (χ0) is 21.9. The minimum Gasteiger partial charge on any atom is -0.444 e. The van der Waals surface area contributed by atoms with Gasteiger partial charge in [-0.25, -0.2) is 4.79 Å². The first kappa shape index (κ1) is 24.5. The molecule has 0 atom stereocenters. The van der Waals surface area contributed by atoms with Crippen molar-refractivity contribution in [3.63, 3.8) is 0 Å². The minimum atomic E-state index is -0.581. The van der Waals surface area contributed by atoms with Crippen LogP contribution in [-0.4, -0.2) is 51.0 Å². The molecule has 3 N–H and O–H groups in total. The van der Waals surface area contributed by atoms with Gasteiger partial charge in [0, 0.05) is 30.8 Å². The average molecular weight is 401 g/mol. The van der Waals surface area contributed by atoms with Crippen LogP contribution in [0.2, 0.25) is 0 Å². The first-order valence-electron chi connectivity index (χ1n) is 10.1. The summed E-state index contributed by atoms with van der Waals surface area (Å²) in [4.78, 5) is 36.2. The second-order valence-electron chi connectivity index (χ2n) is 7.84. The quantitative estimate of drug-likeness (QED) is 0.413. The Hall–Kier alpha value is -2.51. The number of unbranched alkanes of at least 4 members (excludes halogenated alkanes) is 3. The molecule has 8 heteroatoms. The zero-order valence-electron chi connectivity index (χ0n) is 17.9. The van der Waals surface area contributed by atoms with Gasteiger partial charge in [-0.2, -0.15) is 0 Å². The molecule has 0 spiro atoms. The number of ether oxygens (including phenoxy) is 1. The van der Waals surface area contributed by atoms with Crippen molar-refractivity contribution in [3.8, 4) is 0 Å². The van der Waals surface area contributed by atoms with Gasteiger partial charge in [-0.1, -0.05) is 43.8 Å². The van der Waals surface area contributed by atoms with Gasteiger partial charge in [0.2, 0.25) is 0 Å². The Morgan fingerprint density at radius 3 is 1.97 bits per heavy atom. The van der Waals surface area contributed by atoms with Crippen molar-refractivity contribution >= 4 is 31.2 Å². The van der Waals surface area contributed by atoms with Gasteiger partial charge in [0.15, 0.2) is 0 Å². The molecule has 0 heterocycles. The molecule has 0 fully saturated rings. The van der Waals surface area contributed by atoms with Gasteiger partial charge in [-0.15, -0.1) is 0 Å². The molecule has 0 aliphatic carbocycles. The second kappa shape index (κ2) is 12.1. The van der Waals surface area contributed by atoms with Gasteiger partial charge in [0.05, 0.1) is 0 Å². The van der Waals surface area contributed by atoms with E-state index in [0.717, 1.165) is 25.7 Å². The lowest BCUT2D eigenvalue weighted by Gasteiger charge is -2.19. The largest absolute Gasteiger partial charge is 0.444 e. The molecule has 1 rings (SSSR count). The molecule has 1 aromatic carbocycles. The monoisotopic (exact) mass is 401 g/mol. The highest BCUT2D eigenvalue weighted by Gasteiger charge is 2.16. The van der Waals surface area contributed by atoms with Crippen molar-refractivity contribution in [1.82, 2.24) is 16.0 Å². The van der Waals surface area contributed by atoms with Crippen molar-refractivity contribution < 1.29 is 19.1 Å². The van der Waals surface area contributed by atoms with Crippen molar-refractivity contribution in [1.29, 1.82) is 0 Å².